The number of halogens is 1. The van der Waals surface area contributed by atoms with E-state index < -0.39 is 10.0 Å². The van der Waals surface area contributed by atoms with E-state index in [4.69, 9.17) is 4.74 Å². The fraction of sp³-hybridized carbons (Fsp3) is 0.538. The monoisotopic (exact) mass is 395 g/mol. The predicted octanol–water partition coefficient (Wildman–Crippen LogP) is 2.72. The molecule has 4 nitrogen and oxygen atoms in total. The maximum atomic E-state index is 12.5. The van der Waals surface area contributed by atoms with Crippen LogP contribution in [0.15, 0.2) is 23.1 Å². The summed E-state index contributed by atoms with van der Waals surface area (Å²) in [4.78, 5) is 0.354. The van der Waals surface area contributed by atoms with Crippen molar-refractivity contribution in [2.45, 2.75) is 24.7 Å². The molecule has 0 bridgehead atoms. The molecule has 1 aliphatic rings. The van der Waals surface area contributed by atoms with Crippen LogP contribution in [0, 0.1) is 9.49 Å². The fourth-order valence-corrected chi connectivity index (χ4v) is 4.63. The normalized spacial score (nSPS) is 18.5. The summed E-state index contributed by atoms with van der Waals surface area (Å²) in [6, 6.07) is 5.00. The highest BCUT2D eigenvalue weighted by Gasteiger charge is 2.28. The van der Waals surface area contributed by atoms with Crippen molar-refractivity contribution in [3.05, 3.63) is 21.8 Å². The van der Waals surface area contributed by atoms with Gasteiger partial charge in [0.1, 0.15) is 5.75 Å². The summed E-state index contributed by atoms with van der Waals surface area (Å²) in [5.74, 6) is 1.31. The molecule has 0 N–H and O–H groups in total. The molecule has 0 radical (unpaired) electrons. The number of methoxy groups -OCH3 is 1. The van der Waals surface area contributed by atoms with Crippen LogP contribution in [0.4, 0.5) is 0 Å². The second-order valence-electron chi connectivity index (χ2n) is 4.88. The maximum absolute atomic E-state index is 12.5. The van der Waals surface area contributed by atoms with Crippen molar-refractivity contribution in [3.63, 3.8) is 0 Å². The smallest absolute Gasteiger partial charge is 0.243 e. The van der Waals surface area contributed by atoms with Gasteiger partial charge in [-0.1, -0.05) is 6.92 Å². The van der Waals surface area contributed by atoms with Gasteiger partial charge in [-0.05, 0) is 59.5 Å². The standard InChI is InChI=1S/C13H18INO3S/c1-10-5-7-15(8-6-10)19(16,17)11-3-4-13(18-2)12(14)9-11/h3-4,9-10H,5-8H2,1-2H3. The lowest BCUT2D eigenvalue weighted by Gasteiger charge is -2.29. The minimum atomic E-state index is -3.36. The van der Waals surface area contributed by atoms with Crippen LogP contribution in [-0.4, -0.2) is 32.9 Å². The summed E-state index contributed by atoms with van der Waals surface area (Å²) >= 11 is 2.09. The average Bonchev–Trinajstić information content (AvgIpc) is 2.39. The zero-order chi connectivity index (χ0) is 14.0. The van der Waals surface area contributed by atoms with Crippen molar-refractivity contribution in [1.82, 2.24) is 4.31 Å². The first kappa shape index (κ1) is 15.1. The zero-order valence-corrected chi connectivity index (χ0v) is 14.1. The van der Waals surface area contributed by atoms with Gasteiger partial charge in [0, 0.05) is 13.1 Å². The molecule has 0 unspecified atom stereocenters. The molecule has 1 aromatic rings. The van der Waals surface area contributed by atoms with Gasteiger partial charge in [-0.2, -0.15) is 4.31 Å². The van der Waals surface area contributed by atoms with Crippen LogP contribution in [0.1, 0.15) is 19.8 Å². The molecule has 1 heterocycles. The molecule has 1 aliphatic heterocycles. The number of sulfonamides is 1. The molecular formula is C13H18INO3S. The Bertz CT molecular complexity index is 551. The number of piperidine rings is 1. The Morgan fingerprint density at radius 1 is 1.32 bits per heavy atom. The molecule has 1 aromatic carbocycles. The number of nitrogens with zero attached hydrogens (tertiary/aromatic N) is 1. The van der Waals surface area contributed by atoms with Crippen molar-refractivity contribution < 1.29 is 13.2 Å². The topological polar surface area (TPSA) is 46.6 Å². The summed E-state index contributed by atoms with van der Waals surface area (Å²) in [6.45, 7) is 3.40. The van der Waals surface area contributed by atoms with Gasteiger partial charge < -0.3 is 4.74 Å². The molecular weight excluding hydrogens is 377 g/mol. The second kappa shape index (κ2) is 5.97. The van der Waals surface area contributed by atoms with Gasteiger partial charge in [-0.3, -0.25) is 0 Å². The molecule has 0 saturated carbocycles. The van der Waals surface area contributed by atoms with E-state index in [2.05, 4.69) is 29.5 Å². The molecule has 0 aromatic heterocycles. The van der Waals surface area contributed by atoms with Gasteiger partial charge in [0.05, 0.1) is 15.6 Å². The average molecular weight is 395 g/mol. The van der Waals surface area contributed by atoms with Gasteiger partial charge in [-0.15, -0.1) is 0 Å². The van der Waals surface area contributed by atoms with E-state index in [1.54, 1.807) is 29.6 Å². The van der Waals surface area contributed by atoms with Gasteiger partial charge in [0.15, 0.2) is 0 Å². The zero-order valence-electron chi connectivity index (χ0n) is 11.1. The Morgan fingerprint density at radius 2 is 1.95 bits per heavy atom. The summed E-state index contributed by atoms with van der Waals surface area (Å²) in [5.41, 5.74) is 0. The molecule has 0 spiro atoms. The molecule has 19 heavy (non-hydrogen) atoms. The predicted molar refractivity (Wildman–Crippen MR) is 82.9 cm³/mol. The molecule has 0 atom stereocenters. The summed E-state index contributed by atoms with van der Waals surface area (Å²) in [7, 11) is -1.78. The Balaban J connectivity index is 2.27. The van der Waals surface area contributed by atoms with Crippen molar-refractivity contribution in [2.75, 3.05) is 20.2 Å². The summed E-state index contributed by atoms with van der Waals surface area (Å²) in [5, 5.41) is 0. The quantitative estimate of drug-likeness (QED) is 0.740. The maximum Gasteiger partial charge on any atom is 0.243 e. The molecule has 0 amide bonds. The van der Waals surface area contributed by atoms with Gasteiger partial charge in [0.2, 0.25) is 10.0 Å². The van der Waals surface area contributed by atoms with E-state index in [1.807, 2.05) is 0 Å². The van der Waals surface area contributed by atoms with E-state index >= 15 is 0 Å². The van der Waals surface area contributed by atoms with Crippen molar-refractivity contribution in [3.8, 4) is 5.75 Å². The lowest BCUT2D eigenvalue weighted by Crippen LogP contribution is -2.37. The van der Waals surface area contributed by atoms with E-state index in [-0.39, 0.29) is 0 Å². The van der Waals surface area contributed by atoms with Crippen molar-refractivity contribution >= 4 is 32.6 Å². The van der Waals surface area contributed by atoms with Crippen LogP contribution in [-0.2, 0) is 10.0 Å². The Kier molecular flexibility index (Phi) is 4.73. The minimum absolute atomic E-state index is 0.354. The third-order valence-corrected chi connectivity index (χ3v) is 6.24. The highest BCUT2D eigenvalue weighted by Crippen LogP contribution is 2.28. The summed E-state index contributed by atoms with van der Waals surface area (Å²) in [6.07, 6.45) is 1.87. The first-order valence-electron chi connectivity index (χ1n) is 6.29. The second-order valence-corrected chi connectivity index (χ2v) is 7.98. The van der Waals surface area contributed by atoms with Crippen LogP contribution in [0.3, 0.4) is 0 Å². The first-order chi connectivity index (χ1) is 8.95. The molecule has 0 aliphatic carbocycles. The first-order valence-corrected chi connectivity index (χ1v) is 8.80. The van der Waals surface area contributed by atoms with E-state index in [0.29, 0.717) is 29.7 Å². The molecule has 6 heteroatoms. The van der Waals surface area contributed by atoms with Crippen LogP contribution < -0.4 is 4.74 Å². The van der Waals surface area contributed by atoms with Crippen LogP contribution in [0.5, 0.6) is 5.75 Å². The SMILES string of the molecule is COc1ccc(S(=O)(=O)N2CCC(C)CC2)cc1I. The number of hydrogen-bond acceptors (Lipinski definition) is 3. The lowest BCUT2D eigenvalue weighted by atomic mass is 10.0. The molecule has 106 valence electrons. The van der Waals surface area contributed by atoms with E-state index in [9.17, 15) is 8.42 Å². The summed E-state index contributed by atoms with van der Waals surface area (Å²) < 4.78 is 32.6. The fourth-order valence-electron chi connectivity index (χ4n) is 2.18. The van der Waals surface area contributed by atoms with Gasteiger partial charge in [-0.25, -0.2) is 8.42 Å². The third-order valence-electron chi connectivity index (χ3n) is 3.50. The highest BCUT2D eigenvalue weighted by atomic mass is 127. The molecule has 1 saturated heterocycles. The van der Waals surface area contributed by atoms with E-state index in [0.717, 1.165) is 16.4 Å². The number of rotatable bonds is 3. The van der Waals surface area contributed by atoms with Crippen LogP contribution in [0.2, 0.25) is 0 Å². The largest absolute Gasteiger partial charge is 0.496 e. The lowest BCUT2D eigenvalue weighted by molar-refractivity contribution is 0.288. The van der Waals surface area contributed by atoms with Crippen molar-refractivity contribution in [1.29, 1.82) is 0 Å². The van der Waals surface area contributed by atoms with Crippen LogP contribution >= 0.6 is 22.6 Å². The number of benzene rings is 1. The Hall–Kier alpha value is -0.340. The number of hydrogen-bond donors (Lipinski definition) is 0. The third kappa shape index (κ3) is 3.22. The minimum Gasteiger partial charge on any atom is -0.496 e. The van der Waals surface area contributed by atoms with Crippen molar-refractivity contribution in [2.24, 2.45) is 5.92 Å². The molecule has 2 rings (SSSR count). The van der Waals surface area contributed by atoms with E-state index in [1.165, 1.54) is 0 Å². The van der Waals surface area contributed by atoms with Crippen LogP contribution in [0.25, 0.3) is 0 Å². The Labute approximate surface area is 128 Å². The number of ether oxygens (including phenoxy) is 1. The van der Waals surface area contributed by atoms with Gasteiger partial charge in [0.25, 0.3) is 0 Å². The highest BCUT2D eigenvalue weighted by molar-refractivity contribution is 14.1. The molecule has 1 fully saturated rings. The van der Waals surface area contributed by atoms with Gasteiger partial charge >= 0.3 is 0 Å². The Morgan fingerprint density at radius 3 is 2.47 bits per heavy atom.